The Bertz CT molecular complexity index is 164. The molecule has 0 unspecified atom stereocenters. The molecule has 1 heterocycles. The molecule has 0 saturated carbocycles. The van der Waals surface area contributed by atoms with Gasteiger partial charge in [-0.05, 0) is 32.7 Å². The molecule has 76 valence electrons. The Morgan fingerprint density at radius 2 is 2.46 bits per heavy atom. The third-order valence-electron chi connectivity index (χ3n) is 2.67. The van der Waals surface area contributed by atoms with Gasteiger partial charge in [0.15, 0.2) is 0 Å². The summed E-state index contributed by atoms with van der Waals surface area (Å²) in [5.74, 6) is 0.421. The molecule has 2 atom stereocenters. The predicted octanol–water partition coefficient (Wildman–Crippen LogP) is 0.901. The van der Waals surface area contributed by atoms with Crippen LogP contribution in [0.1, 0.15) is 33.1 Å². The van der Waals surface area contributed by atoms with Crippen molar-refractivity contribution in [2.75, 3.05) is 13.1 Å². The first kappa shape index (κ1) is 10.5. The van der Waals surface area contributed by atoms with Crippen LogP contribution in [0.25, 0.3) is 0 Å². The van der Waals surface area contributed by atoms with Gasteiger partial charge in [0.05, 0.1) is 5.92 Å². The van der Waals surface area contributed by atoms with E-state index in [0.717, 1.165) is 32.4 Å². The van der Waals surface area contributed by atoms with Crippen molar-refractivity contribution < 1.29 is 4.79 Å². The smallest absolute Gasteiger partial charge is 0.224 e. The van der Waals surface area contributed by atoms with Crippen LogP contribution in [0.5, 0.6) is 0 Å². The number of carbonyl (C=O) groups is 1. The van der Waals surface area contributed by atoms with E-state index >= 15 is 0 Å². The highest BCUT2D eigenvalue weighted by atomic mass is 16.1. The molecular formula is C10H20N2O. The van der Waals surface area contributed by atoms with Gasteiger partial charge in [0.25, 0.3) is 0 Å². The van der Waals surface area contributed by atoms with Gasteiger partial charge < -0.3 is 10.6 Å². The Labute approximate surface area is 80.3 Å². The van der Waals surface area contributed by atoms with E-state index in [1.165, 1.54) is 0 Å². The second kappa shape index (κ2) is 5.22. The van der Waals surface area contributed by atoms with Gasteiger partial charge in [-0.3, -0.25) is 4.79 Å². The van der Waals surface area contributed by atoms with Gasteiger partial charge in [-0.1, -0.05) is 6.92 Å². The predicted molar refractivity (Wildman–Crippen MR) is 53.5 cm³/mol. The standard InChI is InChI=1S/C10H20N2O/c1-3-8(2)12-10(13)9-5-4-6-11-7-9/h8-9,11H,3-7H2,1-2H3,(H,12,13)/t8-,9-/m1/s1. The van der Waals surface area contributed by atoms with Crippen molar-refractivity contribution in [1.82, 2.24) is 10.6 Å². The monoisotopic (exact) mass is 184 g/mol. The van der Waals surface area contributed by atoms with Crippen LogP contribution in [-0.4, -0.2) is 25.0 Å². The topological polar surface area (TPSA) is 41.1 Å². The number of rotatable bonds is 3. The maximum Gasteiger partial charge on any atom is 0.224 e. The summed E-state index contributed by atoms with van der Waals surface area (Å²) in [6.07, 6.45) is 3.17. The normalized spacial score (nSPS) is 25.2. The zero-order chi connectivity index (χ0) is 9.68. The Balaban J connectivity index is 2.29. The summed E-state index contributed by atoms with van der Waals surface area (Å²) in [5.41, 5.74) is 0. The van der Waals surface area contributed by atoms with Gasteiger partial charge in [-0.2, -0.15) is 0 Å². The molecule has 0 aliphatic carbocycles. The van der Waals surface area contributed by atoms with E-state index in [4.69, 9.17) is 0 Å². The third-order valence-corrected chi connectivity index (χ3v) is 2.67. The molecule has 0 spiro atoms. The van der Waals surface area contributed by atoms with Gasteiger partial charge in [0.1, 0.15) is 0 Å². The van der Waals surface area contributed by atoms with Crippen LogP contribution in [-0.2, 0) is 4.79 Å². The first-order chi connectivity index (χ1) is 6.24. The minimum Gasteiger partial charge on any atom is -0.353 e. The van der Waals surface area contributed by atoms with E-state index in [1.54, 1.807) is 0 Å². The maximum atomic E-state index is 11.6. The highest BCUT2D eigenvalue weighted by Crippen LogP contribution is 2.10. The lowest BCUT2D eigenvalue weighted by atomic mass is 9.98. The van der Waals surface area contributed by atoms with Crippen LogP contribution in [0.15, 0.2) is 0 Å². The fraction of sp³-hybridized carbons (Fsp3) is 0.900. The average Bonchev–Trinajstić information content (AvgIpc) is 2.19. The molecule has 0 aromatic carbocycles. The Morgan fingerprint density at radius 3 is 3.00 bits per heavy atom. The number of piperidine rings is 1. The fourth-order valence-electron chi connectivity index (χ4n) is 1.54. The van der Waals surface area contributed by atoms with Crippen molar-refractivity contribution in [2.24, 2.45) is 5.92 Å². The lowest BCUT2D eigenvalue weighted by Gasteiger charge is -2.23. The summed E-state index contributed by atoms with van der Waals surface area (Å²) >= 11 is 0. The Hall–Kier alpha value is -0.570. The SMILES string of the molecule is CC[C@@H](C)NC(=O)[C@@H]1CCCNC1. The molecule has 0 radical (unpaired) electrons. The number of carbonyl (C=O) groups excluding carboxylic acids is 1. The van der Waals surface area contributed by atoms with Gasteiger partial charge in [-0.25, -0.2) is 0 Å². The third kappa shape index (κ3) is 3.35. The van der Waals surface area contributed by atoms with Gasteiger partial charge in [0.2, 0.25) is 5.91 Å². The molecule has 1 aliphatic heterocycles. The maximum absolute atomic E-state index is 11.6. The lowest BCUT2D eigenvalue weighted by molar-refractivity contribution is -0.126. The molecule has 0 aromatic rings. The van der Waals surface area contributed by atoms with Gasteiger partial charge in [-0.15, -0.1) is 0 Å². The first-order valence-electron chi connectivity index (χ1n) is 5.25. The van der Waals surface area contributed by atoms with Gasteiger partial charge >= 0.3 is 0 Å². The lowest BCUT2D eigenvalue weighted by Crippen LogP contribution is -2.43. The van der Waals surface area contributed by atoms with E-state index < -0.39 is 0 Å². The van der Waals surface area contributed by atoms with Crippen LogP contribution in [0, 0.1) is 5.92 Å². The molecule has 3 heteroatoms. The summed E-state index contributed by atoms with van der Waals surface area (Å²) < 4.78 is 0. The minimum atomic E-state index is 0.197. The summed E-state index contributed by atoms with van der Waals surface area (Å²) in [5, 5.41) is 6.27. The summed E-state index contributed by atoms with van der Waals surface area (Å²) in [7, 11) is 0. The summed E-state index contributed by atoms with van der Waals surface area (Å²) in [6.45, 7) is 6.05. The highest BCUT2D eigenvalue weighted by molar-refractivity contribution is 5.79. The fourth-order valence-corrected chi connectivity index (χ4v) is 1.54. The van der Waals surface area contributed by atoms with Crippen molar-refractivity contribution in [3.8, 4) is 0 Å². The van der Waals surface area contributed by atoms with Crippen molar-refractivity contribution >= 4 is 5.91 Å². The first-order valence-corrected chi connectivity index (χ1v) is 5.25. The Morgan fingerprint density at radius 1 is 1.69 bits per heavy atom. The molecule has 0 aromatic heterocycles. The van der Waals surface area contributed by atoms with Crippen molar-refractivity contribution in [3.63, 3.8) is 0 Å². The second-order valence-electron chi connectivity index (χ2n) is 3.86. The molecule has 1 amide bonds. The zero-order valence-corrected chi connectivity index (χ0v) is 8.60. The molecular weight excluding hydrogens is 164 g/mol. The van der Waals surface area contributed by atoms with Crippen LogP contribution in [0.4, 0.5) is 0 Å². The van der Waals surface area contributed by atoms with Crippen molar-refractivity contribution in [2.45, 2.75) is 39.2 Å². The van der Waals surface area contributed by atoms with E-state index in [1.807, 2.05) is 6.92 Å². The highest BCUT2D eigenvalue weighted by Gasteiger charge is 2.21. The molecule has 13 heavy (non-hydrogen) atoms. The zero-order valence-electron chi connectivity index (χ0n) is 8.60. The van der Waals surface area contributed by atoms with E-state index in [9.17, 15) is 4.79 Å². The molecule has 0 bridgehead atoms. The molecule has 1 rings (SSSR count). The minimum absolute atomic E-state index is 0.197. The van der Waals surface area contributed by atoms with E-state index in [2.05, 4.69) is 17.6 Å². The molecule has 2 N–H and O–H groups in total. The largest absolute Gasteiger partial charge is 0.353 e. The van der Waals surface area contributed by atoms with E-state index in [-0.39, 0.29) is 11.8 Å². The Kier molecular flexibility index (Phi) is 4.22. The molecule has 1 saturated heterocycles. The van der Waals surface area contributed by atoms with Crippen molar-refractivity contribution in [1.29, 1.82) is 0 Å². The van der Waals surface area contributed by atoms with Crippen LogP contribution >= 0.6 is 0 Å². The molecule has 1 fully saturated rings. The van der Waals surface area contributed by atoms with Crippen LogP contribution in [0.2, 0.25) is 0 Å². The average molecular weight is 184 g/mol. The number of hydrogen-bond acceptors (Lipinski definition) is 2. The summed E-state index contributed by atoms with van der Waals surface area (Å²) in [6, 6.07) is 0.314. The van der Waals surface area contributed by atoms with E-state index in [0.29, 0.717) is 6.04 Å². The van der Waals surface area contributed by atoms with Crippen LogP contribution < -0.4 is 10.6 Å². The summed E-state index contributed by atoms with van der Waals surface area (Å²) in [4.78, 5) is 11.6. The number of amides is 1. The number of nitrogens with one attached hydrogen (secondary N) is 2. The second-order valence-corrected chi connectivity index (χ2v) is 3.86. The number of hydrogen-bond donors (Lipinski definition) is 2. The molecule has 1 aliphatic rings. The van der Waals surface area contributed by atoms with Crippen LogP contribution in [0.3, 0.4) is 0 Å². The van der Waals surface area contributed by atoms with Gasteiger partial charge in [0, 0.05) is 12.6 Å². The van der Waals surface area contributed by atoms with Crippen molar-refractivity contribution in [3.05, 3.63) is 0 Å². The molecule has 3 nitrogen and oxygen atoms in total. The quantitative estimate of drug-likeness (QED) is 0.684.